The number of rotatable bonds is 14. The molecule has 2 aliphatic heterocycles. The molecule has 0 radical (unpaired) electrons. The lowest BCUT2D eigenvalue weighted by Crippen LogP contribution is -2.34. The molecule has 8 aromatic rings. The number of carboxylic acid groups (broad SMARTS) is 1. The van der Waals surface area contributed by atoms with Gasteiger partial charge in [0.2, 0.25) is 17.7 Å². The average molecular weight is 948 g/mol. The molecule has 0 saturated carbocycles. The number of carbonyl (C=O) groups excluding carboxylic acids is 3. The van der Waals surface area contributed by atoms with E-state index in [1.165, 1.54) is 0 Å². The van der Waals surface area contributed by atoms with Crippen molar-refractivity contribution in [1.82, 2.24) is 25.2 Å². The number of hydroxylamine groups is 1. The number of carboxylic acids is 1. The zero-order valence-electron chi connectivity index (χ0n) is 39.5. The Labute approximate surface area is 411 Å². The van der Waals surface area contributed by atoms with E-state index in [1.807, 2.05) is 172 Å². The van der Waals surface area contributed by atoms with Crippen LogP contribution in [0.2, 0.25) is 0 Å². The van der Waals surface area contributed by atoms with Gasteiger partial charge in [0.15, 0.2) is 0 Å². The van der Waals surface area contributed by atoms with Gasteiger partial charge in [0, 0.05) is 46.4 Å². The Hall–Kier alpha value is -8.42. The minimum Gasteiger partial charge on any atom is -0.489 e. The number of amides is 3. The summed E-state index contributed by atoms with van der Waals surface area (Å²) in [5.74, 6) is -0.154. The number of aryl methyl sites for hydroxylation is 2. The maximum atomic E-state index is 13.2. The number of nitrogens with zero attached hydrogens (tertiary/aromatic N) is 4. The molecule has 3 N–H and O–H groups in total. The van der Waals surface area contributed by atoms with Gasteiger partial charge in [-0.3, -0.25) is 34.4 Å². The molecule has 71 heavy (non-hydrogen) atoms. The van der Waals surface area contributed by atoms with E-state index in [-0.39, 0.29) is 37.5 Å². The molecule has 0 aliphatic carbocycles. The Morgan fingerprint density at radius 1 is 0.563 bits per heavy atom. The van der Waals surface area contributed by atoms with Crippen LogP contribution in [-0.4, -0.2) is 53.8 Å². The maximum absolute atomic E-state index is 13.2. The van der Waals surface area contributed by atoms with Crippen LogP contribution >= 0.6 is 0 Å². The number of aromatic nitrogens is 2. The Morgan fingerprint density at radius 3 is 1.41 bits per heavy atom. The number of hydrogen-bond donors (Lipinski definition) is 3. The molecule has 4 heterocycles. The summed E-state index contributed by atoms with van der Waals surface area (Å²) in [7, 11) is 0. The molecule has 358 valence electrons. The van der Waals surface area contributed by atoms with Gasteiger partial charge in [-0.05, 0) is 95.8 Å². The number of ether oxygens (including phenoxy) is 2. The van der Waals surface area contributed by atoms with Gasteiger partial charge in [-0.2, -0.15) is 0 Å². The molecule has 3 amide bonds. The topological polar surface area (TPSA) is 171 Å². The lowest BCUT2D eigenvalue weighted by atomic mass is 10.0. The summed E-state index contributed by atoms with van der Waals surface area (Å²) in [6.45, 7) is 5.67. The van der Waals surface area contributed by atoms with E-state index >= 15 is 0 Å². The van der Waals surface area contributed by atoms with Crippen LogP contribution in [0.5, 0.6) is 11.5 Å². The molecule has 0 bridgehead atoms. The van der Waals surface area contributed by atoms with Crippen LogP contribution in [-0.2, 0) is 58.3 Å². The van der Waals surface area contributed by atoms with E-state index in [9.17, 15) is 24.3 Å². The van der Waals surface area contributed by atoms with Crippen molar-refractivity contribution in [2.24, 2.45) is 0 Å². The van der Waals surface area contributed by atoms with Crippen LogP contribution in [0.15, 0.2) is 158 Å². The van der Waals surface area contributed by atoms with Gasteiger partial charge in [0.05, 0.1) is 48.8 Å². The molecule has 2 atom stereocenters. The van der Waals surface area contributed by atoms with E-state index in [0.29, 0.717) is 26.3 Å². The second-order valence-corrected chi connectivity index (χ2v) is 17.9. The summed E-state index contributed by atoms with van der Waals surface area (Å²) in [5, 5.41) is 20.5. The molecule has 6 aromatic carbocycles. The van der Waals surface area contributed by atoms with E-state index in [1.54, 1.807) is 15.3 Å². The van der Waals surface area contributed by atoms with Crippen molar-refractivity contribution < 1.29 is 39.0 Å². The first-order chi connectivity index (χ1) is 34.5. The fraction of sp³-hybridized carbons (Fsp3) is 0.207. The van der Waals surface area contributed by atoms with Gasteiger partial charge in [0.25, 0.3) is 0 Å². The van der Waals surface area contributed by atoms with Crippen molar-refractivity contribution in [2.75, 3.05) is 0 Å². The highest BCUT2D eigenvalue weighted by Crippen LogP contribution is 2.38. The van der Waals surface area contributed by atoms with Crippen LogP contribution in [0, 0.1) is 13.8 Å². The molecule has 0 fully saturated rings. The number of nitrogens with one attached hydrogen (secondary N) is 1. The van der Waals surface area contributed by atoms with Crippen molar-refractivity contribution in [3.05, 3.63) is 214 Å². The molecule has 0 spiro atoms. The third-order valence-corrected chi connectivity index (χ3v) is 13.0. The van der Waals surface area contributed by atoms with Gasteiger partial charge in [-0.15, -0.1) is 0 Å². The lowest BCUT2D eigenvalue weighted by molar-refractivity contribution is -0.141. The Balaban J connectivity index is 0.000000176. The quantitative estimate of drug-likeness (QED) is 0.0704. The van der Waals surface area contributed by atoms with Gasteiger partial charge in [-0.1, -0.05) is 109 Å². The van der Waals surface area contributed by atoms with Gasteiger partial charge < -0.3 is 24.4 Å². The highest BCUT2D eigenvalue weighted by atomic mass is 16.5. The lowest BCUT2D eigenvalue weighted by Gasteiger charge is -2.25. The zero-order valence-corrected chi connectivity index (χ0v) is 39.5. The van der Waals surface area contributed by atoms with Gasteiger partial charge >= 0.3 is 5.97 Å². The monoisotopic (exact) mass is 947 g/mol. The van der Waals surface area contributed by atoms with Crippen LogP contribution in [0.3, 0.4) is 0 Å². The molecular weight excluding hydrogens is 895 g/mol. The number of para-hydroxylation sites is 2. The zero-order chi connectivity index (χ0) is 49.4. The van der Waals surface area contributed by atoms with Crippen molar-refractivity contribution >= 4 is 45.5 Å². The highest BCUT2D eigenvalue weighted by Gasteiger charge is 2.36. The van der Waals surface area contributed by atoms with E-state index in [2.05, 4.69) is 9.97 Å². The Morgan fingerprint density at radius 2 is 0.972 bits per heavy atom. The maximum Gasteiger partial charge on any atom is 0.305 e. The van der Waals surface area contributed by atoms with Crippen molar-refractivity contribution in [3.63, 3.8) is 0 Å². The molecule has 13 nitrogen and oxygen atoms in total. The summed E-state index contributed by atoms with van der Waals surface area (Å²) >= 11 is 0. The van der Waals surface area contributed by atoms with Crippen LogP contribution < -0.4 is 15.0 Å². The number of fused-ring (bicyclic) bond motifs is 4. The molecular formula is C58H53N5O8. The summed E-state index contributed by atoms with van der Waals surface area (Å²) < 4.78 is 12.1. The van der Waals surface area contributed by atoms with Crippen molar-refractivity contribution in [2.45, 2.75) is 77.9 Å². The number of hydrogen-bond acceptors (Lipinski definition) is 9. The second kappa shape index (κ2) is 21.5. The number of aliphatic carboxylic acids is 1. The van der Waals surface area contributed by atoms with Gasteiger partial charge in [0.1, 0.15) is 24.7 Å². The van der Waals surface area contributed by atoms with Crippen molar-refractivity contribution in [3.8, 4) is 11.5 Å². The number of pyridine rings is 2. The summed E-state index contributed by atoms with van der Waals surface area (Å²) in [5.41, 5.74) is 13.2. The average Bonchev–Trinajstić information content (AvgIpc) is 3.93. The standard InChI is InChI=1S/C29H27N3O4.C29H26N2O4/c1-19-14-22(24-7-4-5-9-26(24)30-19)18-36-23-12-10-20(11-13-23)15-29(34)32-17-21-6-2-3-8-25(21)27(32)16-28(33)31-35;1-19-14-22(24-7-4-5-9-26(24)30-19)18-35-23-12-10-20(11-13-23)15-28(32)31-17-21-6-2-3-8-25(21)27(31)16-29(33)34/h2-14,27,35H,15-18H2,1H3,(H,31,33);2-14,27H,15-18H2,1H3,(H,33,34). The van der Waals surface area contributed by atoms with E-state index in [0.717, 1.165) is 89.2 Å². The SMILES string of the molecule is Cc1cc(COc2ccc(CC(=O)N3Cc4ccccc4C3CC(=O)NO)cc2)c2ccccc2n1.Cc1cc(COc2ccc(CC(=O)N3Cc4ccccc4C3CC(=O)O)cc2)c2ccccc2n1. The third-order valence-electron chi connectivity index (χ3n) is 13.0. The smallest absolute Gasteiger partial charge is 0.305 e. The summed E-state index contributed by atoms with van der Waals surface area (Å²) in [4.78, 5) is 62.2. The molecule has 2 aromatic heterocycles. The van der Waals surface area contributed by atoms with Crippen LogP contribution in [0.25, 0.3) is 21.8 Å². The fourth-order valence-corrected chi connectivity index (χ4v) is 9.59. The first-order valence-electron chi connectivity index (χ1n) is 23.5. The van der Waals surface area contributed by atoms with Crippen LogP contribution in [0.1, 0.15) is 80.8 Å². The Bertz CT molecular complexity index is 3250. The molecule has 2 aliphatic rings. The minimum atomic E-state index is -0.914. The summed E-state index contributed by atoms with van der Waals surface area (Å²) in [6.07, 6.45) is 0.326. The third kappa shape index (κ3) is 11.2. The first-order valence-corrected chi connectivity index (χ1v) is 23.5. The largest absolute Gasteiger partial charge is 0.489 e. The Kier molecular flexibility index (Phi) is 14.4. The van der Waals surface area contributed by atoms with E-state index in [4.69, 9.17) is 14.7 Å². The normalized spacial score (nSPS) is 14.6. The number of carbonyl (C=O) groups is 4. The predicted octanol–water partition coefficient (Wildman–Crippen LogP) is 9.87. The molecule has 0 saturated heterocycles. The minimum absolute atomic E-state index is 0.00912. The highest BCUT2D eigenvalue weighted by molar-refractivity contribution is 5.84. The molecule has 2 unspecified atom stereocenters. The second-order valence-electron chi connectivity index (χ2n) is 17.9. The molecule has 10 rings (SSSR count). The number of benzene rings is 6. The van der Waals surface area contributed by atoms with Crippen molar-refractivity contribution in [1.29, 1.82) is 0 Å². The summed E-state index contributed by atoms with van der Waals surface area (Å²) in [6, 6.07) is 49.7. The van der Waals surface area contributed by atoms with E-state index < -0.39 is 24.0 Å². The predicted molar refractivity (Wildman–Crippen MR) is 268 cm³/mol. The molecule has 13 heteroatoms. The fourth-order valence-electron chi connectivity index (χ4n) is 9.59. The first kappa shape index (κ1) is 47.6. The van der Waals surface area contributed by atoms with Crippen LogP contribution in [0.4, 0.5) is 0 Å². The van der Waals surface area contributed by atoms with Gasteiger partial charge in [-0.25, -0.2) is 5.48 Å².